The van der Waals surface area contributed by atoms with E-state index in [1.807, 2.05) is 16.4 Å². The molecule has 0 saturated carbocycles. The number of H-pyrrole nitrogens is 1. The number of nitrogens with zero attached hydrogens (tertiary/aromatic N) is 4. The van der Waals surface area contributed by atoms with Crippen molar-refractivity contribution in [1.82, 2.24) is 19.7 Å². The summed E-state index contributed by atoms with van der Waals surface area (Å²) in [5.74, 6) is 0.725. The number of rotatable bonds is 4. The first-order chi connectivity index (χ1) is 9.40. The lowest BCUT2D eigenvalue weighted by Gasteiger charge is -2.35. The minimum Gasteiger partial charge on any atom is -0.338 e. The summed E-state index contributed by atoms with van der Waals surface area (Å²) >= 11 is 5.16. The van der Waals surface area contributed by atoms with E-state index in [1.165, 1.54) is 4.90 Å². The summed E-state index contributed by atoms with van der Waals surface area (Å²) in [4.78, 5) is 3.40. The van der Waals surface area contributed by atoms with Gasteiger partial charge in [-0.25, -0.2) is 5.10 Å². The number of piperazine rings is 1. The third-order valence-corrected chi connectivity index (χ3v) is 3.56. The van der Waals surface area contributed by atoms with Crippen LogP contribution in [0.4, 0.5) is 19.1 Å². The van der Waals surface area contributed by atoms with Gasteiger partial charge in [0.1, 0.15) is 0 Å². The third-order valence-electron chi connectivity index (χ3n) is 3.24. The fourth-order valence-electron chi connectivity index (χ4n) is 2.34. The second kappa shape index (κ2) is 6.13. The standard InChI is InChI=1S/C11H18F3N5S/c1-2-3-19-9(15-16-10(19)20)18-6-4-17(5-7-18)8-11(12,13)14/h2-8H2,1H3,(H,16,20). The van der Waals surface area contributed by atoms with E-state index in [9.17, 15) is 13.2 Å². The minimum absolute atomic E-state index is 0.380. The molecule has 0 bridgehead atoms. The summed E-state index contributed by atoms with van der Waals surface area (Å²) in [7, 11) is 0. The molecule has 20 heavy (non-hydrogen) atoms. The number of nitrogens with one attached hydrogen (secondary N) is 1. The quantitative estimate of drug-likeness (QED) is 0.864. The van der Waals surface area contributed by atoms with Gasteiger partial charge in [-0.2, -0.15) is 13.2 Å². The van der Waals surface area contributed by atoms with Crippen LogP contribution in [0.25, 0.3) is 0 Å². The van der Waals surface area contributed by atoms with E-state index >= 15 is 0 Å². The van der Waals surface area contributed by atoms with Gasteiger partial charge in [0.05, 0.1) is 6.54 Å². The molecule has 1 saturated heterocycles. The zero-order valence-electron chi connectivity index (χ0n) is 11.3. The van der Waals surface area contributed by atoms with Crippen molar-refractivity contribution in [1.29, 1.82) is 0 Å². The average molecular weight is 309 g/mol. The Morgan fingerprint density at radius 1 is 1.25 bits per heavy atom. The third kappa shape index (κ3) is 3.72. The van der Waals surface area contributed by atoms with E-state index in [1.54, 1.807) is 0 Å². The second-order valence-corrected chi connectivity index (χ2v) is 5.25. The van der Waals surface area contributed by atoms with E-state index in [0.29, 0.717) is 31.0 Å². The van der Waals surface area contributed by atoms with E-state index in [2.05, 4.69) is 10.2 Å². The van der Waals surface area contributed by atoms with Gasteiger partial charge in [-0.3, -0.25) is 9.47 Å². The van der Waals surface area contributed by atoms with Crippen LogP contribution in [-0.2, 0) is 6.54 Å². The lowest BCUT2D eigenvalue weighted by molar-refractivity contribution is -0.146. The molecule has 9 heteroatoms. The Hall–Kier alpha value is -1.09. The van der Waals surface area contributed by atoms with Gasteiger partial charge < -0.3 is 4.90 Å². The van der Waals surface area contributed by atoms with Crippen molar-refractivity contribution in [3.05, 3.63) is 4.77 Å². The Labute approximate surface area is 120 Å². The predicted octanol–water partition coefficient (Wildman–Crippen LogP) is 2.03. The van der Waals surface area contributed by atoms with Crippen LogP contribution in [0, 0.1) is 4.77 Å². The molecular formula is C11H18F3N5S. The lowest BCUT2D eigenvalue weighted by atomic mass is 10.3. The molecule has 1 fully saturated rings. The van der Waals surface area contributed by atoms with Crippen molar-refractivity contribution < 1.29 is 13.2 Å². The van der Waals surface area contributed by atoms with Crippen molar-refractivity contribution in [2.24, 2.45) is 0 Å². The molecule has 0 radical (unpaired) electrons. The molecule has 5 nitrogen and oxygen atoms in total. The van der Waals surface area contributed by atoms with Crippen LogP contribution in [0.3, 0.4) is 0 Å². The second-order valence-electron chi connectivity index (χ2n) is 4.86. The van der Waals surface area contributed by atoms with Crippen molar-refractivity contribution in [2.75, 3.05) is 37.6 Å². The number of hydrogen-bond donors (Lipinski definition) is 1. The highest BCUT2D eigenvalue weighted by Gasteiger charge is 2.32. The summed E-state index contributed by atoms with van der Waals surface area (Å²) in [6.45, 7) is 3.77. The van der Waals surface area contributed by atoms with Crippen molar-refractivity contribution in [3.63, 3.8) is 0 Å². The van der Waals surface area contributed by atoms with Crippen LogP contribution in [0.1, 0.15) is 13.3 Å². The molecule has 0 amide bonds. The zero-order chi connectivity index (χ0) is 14.8. The maximum Gasteiger partial charge on any atom is 0.401 e. The fraction of sp³-hybridized carbons (Fsp3) is 0.818. The molecule has 1 aliphatic heterocycles. The molecule has 1 aliphatic rings. The molecular weight excluding hydrogens is 291 g/mol. The highest BCUT2D eigenvalue weighted by atomic mass is 32.1. The first kappa shape index (κ1) is 15.3. The van der Waals surface area contributed by atoms with E-state index in [-0.39, 0.29) is 0 Å². The van der Waals surface area contributed by atoms with Gasteiger partial charge in [-0.1, -0.05) is 6.92 Å². The van der Waals surface area contributed by atoms with Crippen LogP contribution >= 0.6 is 12.2 Å². The van der Waals surface area contributed by atoms with Gasteiger partial charge in [-0.15, -0.1) is 5.10 Å². The molecule has 0 unspecified atom stereocenters. The minimum atomic E-state index is -4.13. The molecule has 2 rings (SSSR count). The summed E-state index contributed by atoms with van der Waals surface area (Å²) < 4.78 is 39.5. The average Bonchev–Trinajstić information content (AvgIpc) is 2.71. The molecule has 0 spiro atoms. The first-order valence-corrected chi connectivity index (χ1v) is 7.01. The largest absolute Gasteiger partial charge is 0.401 e. The Balaban J connectivity index is 1.99. The number of anilines is 1. The Morgan fingerprint density at radius 3 is 2.45 bits per heavy atom. The fourth-order valence-corrected chi connectivity index (χ4v) is 2.55. The topological polar surface area (TPSA) is 40.1 Å². The van der Waals surface area contributed by atoms with Gasteiger partial charge >= 0.3 is 6.18 Å². The summed E-state index contributed by atoms with van der Waals surface area (Å²) in [6, 6.07) is 0. The van der Waals surface area contributed by atoms with Gasteiger partial charge in [-0.05, 0) is 18.6 Å². The molecule has 114 valence electrons. The molecule has 0 aromatic carbocycles. The monoisotopic (exact) mass is 309 g/mol. The molecule has 0 aliphatic carbocycles. The molecule has 1 aromatic heterocycles. The van der Waals surface area contributed by atoms with Crippen LogP contribution in [0.15, 0.2) is 0 Å². The Bertz CT molecular complexity index is 487. The predicted molar refractivity (Wildman–Crippen MR) is 72.4 cm³/mol. The Kier molecular flexibility index (Phi) is 4.69. The number of hydrogen-bond acceptors (Lipinski definition) is 4. The van der Waals surface area contributed by atoms with Crippen LogP contribution in [0.5, 0.6) is 0 Å². The zero-order valence-corrected chi connectivity index (χ0v) is 12.1. The SMILES string of the molecule is CCCn1c(N2CCN(CC(F)(F)F)CC2)n[nH]c1=S. The normalized spacial score (nSPS) is 17.7. The van der Waals surface area contributed by atoms with Crippen molar-refractivity contribution in [3.8, 4) is 0 Å². The maximum atomic E-state index is 12.3. The first-order valence-electron chi connectivity index (χ1n) is 6.60. The van der Waals surface area contributed by atoms with Gasteiger partial charge in [0.25, 0.3) is 0 Å². The number of halogens is 3. The van der Waals surface area contributed by atoms with E-state index < -0.39 is 12.7 Å². The van der Waals surface area contributed by atoms with Crippen molar-refractivity contribution in [2.45, 2.75) is 26.1 Å². The van der Waals surface area contributed by atoms with Gasteiger partial charge in [0.2, 0.25) is 5.95 Å². The van der Waals surface area contributed by atoms with Crippen molar-refractivity contribution >= 4 is 18.2 Å². The number of aromatic nitrogens is 3. The van der Waals surface area contributed by atoms with Gasteiger partial charge in [0.15, 0.2) is 4.77 Å². The summed E-state index contributed by atoms with van der Waals surface area (Å²) in [6.07, 6.45) is -3.21. The maximum absolute atomic E-state index is 12.3. The molecule has 0 atom stereocenters. The molecule has 2 heterocycles. The van der Waals surface area contributed by atoms with Crippen LogP contribution in [0.2, 0.25) is 0 Å². The summed E-state index contributed by atoms with van der Waals surface area (Å²) in [5.41, 5.74) is 0. The van der Waals surface area contributed by atoms with Crippen LogP contribution < -0.4 is 4.90 Å². The Morgan fingerprint density at radius 2 is 1.90 bits per heavy atom. The summed E-state index contributed by atoms with van der Waals surface area (Å²) in [5, 5.41) is 6.94. The van der Waals surface area contributed by atoms with Gasteiger partial charge in [0, 0.05) is 32.7 Å². The molecule has 1 aromatic rings. The number of alkyl halides is 3. The van der Waals surface area contributed by atoms with E-state index in [4.69, 9.17) is 12.2 Å². The molecule has 1 N–H and O–H groups in total. The van der Waals surface area contributed by atoms with E-state index in [0.717, 1.165) is 18.9 Å². The lowest BCUT2D eigenvalue weighted by Crippen LogP contribution is -2.49. The highest BCUT2D eigenvalue weighted by Crippen LogP contribution is 2.19. The van der Waals surface area contributed by atoms with Crippen LogP contribution in [-0.4, -0.2) is 58.6 Å². The smallest absolute Gasteiger partial charge is 0.338 e. The number of aromatic amines is 1. The highest BCUT2D eigenvalue weighted by molar-refractivity contribution is 7.71.